The molecule has 0 spiro atoms. The van der Waals surface area contributed by atoms with Gasteiger partial charge in [-0.05, 0) is 36.6 Å². The second-order valence-electron chi connectivity index (χ2n) is 6.43. The number of thiazole rings is 1. The van der Waals surface area contributed by atoms with Gasteiger partial charge in [0.1, 0.15) is 11.3 Å². The molecule has 0 bridgehead atoms. The van der Waals surface area contributed by atoms with Crippen molar-refractivity contribution in [3.63, 3.8) is 0 Å². The Morgan fingerprint density at radius 2 is 1.96 bits per heavy atom. The maximum atomic E-state index is 11.6. The van der Waals surface area contributed by atoms with Crippen LogP contribution in [0.3, 0.4) is 0 Å². The summed E-state index contributed by atoms with van der Waals surface area (Å²) in [6, 6.07) is 11.8. The molecule has 1 aromatic heterocycles. The molecular formula is C20H24N2O3S. The number of phenols is 1. The van der Waals surface area contributed by atoms with Gasteiger partial charge in [-0.25, -0.2) is 0 Å². The molecule has 3 aromatic rings. The number of H-pyrrole nitrogens is 1. The van der Waals surface area contributed by atoms with Crippen LogP contribution in [0.4, 0.5) is 0 Å². The van der Waals surface area contributed by atoms with Crippen molar-refractivity contribution in [2.75, 3.05) is 13.1 Å². The maximum absolute atomic E-state index is 11.6. The van der Waals surface area contributed by atoms with Crippen LogP contribution in [0.25, 0.3) is 10.2 Å². The molecule has 1 atom stereocenters. The van der Waals surface area contributed by atoms with Crippen molar-refractivity contribution in [2.24, 2.45) is 0 Å². The van der Waals surface area contributed by atoms with Gasteiger partial charge in [0.25, 0.3) is 0 Å². The Hall–Kier alpha value is -2.15. The lowest BCUT2D eigenvalue weighted by molar-refractivity contribution is 0.176. The summed E-state index contributed by atoms with van der Waals surface area (Å²) in [4.78, 5) is 13.9. The van der Waals surface area contributed by atoms with Crippen molar-refractivity contribution < 1.29 is 10.2 Å². The zero-order chi connectivity index (χ0) is 18.5. The van der Waals surface area contributed by atoms with Crippen LogP contribution in [0.1, 0.15) is 36.1 Å². The highest BCUT2D eigenvalue weighted by Gasteiger charge is 2.15. The fraction of sp³-hybridized carbons (Fsp3) is 0.350. The van der Waals surface area contributed by atoms with E-state index >= 15 is 0 Å². The lowest BCUT2D eigenvalue weighted by atomic mass is 10.0. The van der Waals surface area contributed by atoms with Gasteiger partial charge < -0.3 is 20.5 Å². The summed E-state index contributed by atoms with van der Waals surface area (Å²) < 4.78 is 0.608. The van der Waals surface area contributed by atoms with E-state index in [4.69, 9.17) is 0 Å². The lowest BCUT2D eigenvalue weighted by Gasteiger charge is -2.13. The highest BCUT2D eigenvalue weighted by Crippen LogP contribution is 2.31. The van der Waals surface area contributed by atoms with E-state index in [2.05, 4.69) is 41.5 Å². The predicted molar refractivity (Wildman–Crippen MR) is 106 cm³/mol. The second-order valence-corrected chi connectivity index (χ2v) is 7.42. The number of hydrogen-bond acceptors (Lipinski definition) is 5. The van der Waals surface area contributed by atoms with E-state index in [1.165, 1.54) is 17.2 Å². The minimum absolute atomic E-state index is 0.0224. The molecule has 0 aliphatic rings. The van der Waals surface area contributed by atoms with Crippen LogP contribution in [0.15, 0.2) is 41.2 Å². The van der Waals surface area contributed by atoms with Gasteiger partial charge in [0, 0.05) is 12.1 Å². The standard InChI is InChI=1S/C20H24N2O3S/c1-2-4-13-5-3-6-14(11-13)9-10-21-12-17(24)15-7-8-16(23)18-19(15)26-20(25)22-18/h3,5-8,11,17,21,23-24H,2,4,9-10,12H2,1H3,(H,22,25)/t17-/m1/s1. The number of aryl methyl sites for hydroxylation is 1. The van der Waals surface area contributed by atoms with Gasteiger partial charge in [-0.1, -0.05) is 55.0 Å². The molecule has 0 saturated heterocycles. The molecule has 1 heterocycles. The van der Waals surface area contributed by atoms with Crippen molar-refractivity contribution in [3.8, 4) is 5.75 Å². The second kappa shape index (κ2) is 8.49. The Balaban J connectivity index is 1.58. The summed E-state index contributed by atoms with van der Waals surface area (Å²) in [6.07, 6.45) is 2.39. The molecule has 0 radical (unpaired) electrons. The van der Waals surface area contributed by atoms with Crippen LogP contribution in [-0.2, 0) is 12.8 Å². The van der Waals surface area contributed by atoms with Crippen molar-refractivity contribution in [1.29, 1.82) is 0 Å². The third kappa shape index (κ3) is 4.33. The van der Waals surface area contributed by atoms with Crippen molar-refractivity contribution in [2.45, 2.75) is 32.3 Å². The summed E-state index contributed by atoms with van der Waals surface area (Å²) >= 11 is 1.00. The van der Waals surface area contributed by atoms with Gasteiger partial charge >= 0.3 is 4.87 Å². The smallest absolute Gasteiger partial charge is 0.305 e. The highest BCUT2D eigenvalue weighted by atomic mass is 32.1. The minimum atomic E-state index is -0.740. The summed E-state index contributed by atoms with van der Waals surface area (Å²) in [6.45, 7) is 3.33. The largest absolute Gasteiger partial charge is 0.506 e. The van der Waals surface area contributed by atoms with Crippen molar-refractivity contribution in [3.05, 3.63) is 62.8 Å². The Morgan fingerprint density at radius 3 is 2.73 bits per heavy atom. The number of benzene rings is 2. The number of aromatic amines is 1. The van der Waals surface area contributed by atoms with E-state index in [-0.39, 0.29) is 10.6 Å². The van der Waals surface area contributed by atoms with Crippen LogP contribution in [0, 0.1) is 0 Å². The SMILES string of the molecule is CCCc1cccc(CCNC[C@@H](O)c2ccc(O)c3[nH]c(=O)sc23)c1. The van der Waals surface area contributed by atoms with Gasteiger partial charge in [-0.3, -0.25) is 4.79 Å². The van der Waals surface area contributed by atoms with E-state index in [9.17, 15) is 15.0 Å². The van der Waals surface area contributed by atoms with Gasteiger partial charge in [0.2, 0.25) is 0 Å². The molecule has 0 fully saturated rings. The normalized spacial score (nSPS) is 12.5. The average molecular weight is 372 g/mol. The van der Waals surface area contributed by atoms with Gasteiger partial charge in [0.05, 0.1) is 10.8 Å². The minimum Gasteiger partial charge on any atom is -0.506 e. The molecule has 0 unspecified atom stereocenters. The molecule has 26 heavy (non-hydrogen) atoms. The number of phenolic OH excluding ortho intramolecular Hbond substituents is 1. The molecule has 0 aliphatic heterocycles. The number of fused-ring (bicyclic) bond motifs is 1. The Morgan fingerprint density at radius 1 is 1.19 bits per heavy atom. The maximum Gasteiger partial charge on any atom is 0.305 e. The molecule has 0 aliphatic carbocycles. The number of aromatic nitrogens is 1. The Labute approximate surface area is 156 Å². The molecule has 0 amide bonds. The first-order valence-corrected chi connectivity index (χ1v) is 9.71. The highest BCUT2D eigenvalue weighted by molar-refractivity contribution is 7.16. The zero-order valence-corrected chi connectivity index (χ0v) is 15.6. The molecule has 3 rings (SSSR count). The molecular weight excluding hydrogens is 348 g/mol. The Bertz CT molecular complexity index is 932. The van der Waals surface area contributed by atoms with Crippen LogP contribution < -0.4 is 10.2 Å². The van der Waals surface area contributed by atoms with Gasteiger partial charge in [0.15, 0.2) is 0 Å². The third-order valence-electron chi connectivity index (χ3n) is 4.41. The fourth-order valence-electron chi connectivity index (χ4n) is 3.11. The van der Waals surface area contributed by atoms with Gasteiger partial charge in [-0.15, -0.1) is 0 Å². The van der Waals surface area contributed by atoms with Gasteiger partial charge in [-0.2, -0.15) is 0 Å². The quantitative estimate of drug-likeness (QED) is 0.458. The lowest BCUT2D eigenvalue weighted by Crippen LogP contribution is -2.23. The molecule has 6 heteroatoms. The number of nitrogens with one attached hydrogen (secondary N) is 2. The average Bonchev–Trinajstić information content (AvgIpc) is 3.02. The van der Waals surface area contributed by atoms with Crippen LogP contribution in [-0.4, -0.2) is 28.3 Å². The van der Waals surface area contributed by atoms with E-state index in [1.54, 1.807) is 6.07 Å². The van der Waals surface area contributed by atoms with Crippen LogP contribution in [0.2, 0.25) is 0 Å². The number of aliphatic hydroxyl groups excluding tert-OH is 1. The van der Waals surface area contributed by atoms with E-state index in [1.807, 2.05) is 0 Å². The predicted octanol–water partition coefficient (Wildman–Crippen LogP) is 3.11. The van der Waals surface area contributed by atoms with E-state index in [0.29, 0.717) is 22.3 Å². The van der Waals surface area contributed by atoms with E-state index < -0.39 is 6.10 Å². The fourth-order valence-corrected chi connectivity index (χ4v) is 4.03. The monoisotopic (exact) mass is 372 g/mol. The van der Waals surface area contributed by atoms with Crippen LogP contribution >= 0.6 is 11.3 Å². The summed E-state index contributed by atoms with van der Waals surface area (Å²) in [5.41, 5.74) is 3.69. The molecule has 5 nitrogen and oxygen atoms in total. The summed E-state index contributed by atoms with van der Waals surface area (Å²) in [7, 11) is 0. The number of aliphatic hydroxyl groups is 1. The number of aromatic hydroxyl groups is 1. The van der Waals surface area contributed by atoms with Crippen molar-refractivity contribution in [1.82, 2.24) is 10.3 Å². The third-order valence-corrected chi connectivity index (χ3v) is 5.34. The molecule has 4 N–H and O–H groups in total. The van der Waals surface area contributed by atoms with E-state index in [0.717, 1.165) is 37.1 Å². The Kier molecular flexibility index (Phi) is 6.08. The first kappa shape index (κ1) is 18.6. The van der Waals surface area contributed by atoms with Crippen LogP contribution in [0.5, 0.6) is 5.75 Å². The number of rotatable bonds is 8. The first-order chi connectivity index (χ1) is 12.6. The summed E-state index contributed by atoms with van der Waals surface area (Å²) in [5.74, 6) is 0.0224. The van der Waals surface area contributed by atoms with Crippen molar-refractivity contribution >= 4 is 21.6 Å². The topological polar surface area (TPSA) is 85.3 Å². The molecule has 0 saturated carbocycles. The molecule has 2 aromatic carbocycles. The number of hydrogen-bond donors (Lipinski definition) is 4. The first-order valence-electron chi connectivity index (χ1n) is 8.89. The zero-order valence-electron chi connectivity index (χ0n) is 14.8. The summed E-state index contributed by atoms with van der Waals surface area (Å²) in [5, 5.41) is 23.6. The molecule has 138 valence electrons.